The SMILES string of the molecule is CC(C)(C)CNC(=O)c1cn2c(nc3ccc(CNCC4CCOCC4)cc32)s1. The molecule has 0 aliphatic carbocycles. The highest BCUT2D eigenvalue weighted by Gasteiger charge is 2.17. The molecule has 1 saturated heterocycles. The zero-order chi connectivity index (χ0) is 20.4. The highest BCUT2D eigenvalue weighted by Crippen LogP contribution is 2.25. The van der Waals surface area contributed by atoms with Crippen LogP contribution in [0.25, 0.3) is 16.0 Å². The number of aromatic nitrogens is 2. The molecule has 3 heterocycles. The maximum absolute atomic E-state index is 12.5. The van der Waals surface area contributed by atoms with Crippen LogP contribution >= 0.6 is 11.3 Å². The summed E-state index contributed by atoms with van der Waals surface area (Å²) in [6.45, 7) is 10.6. The van der Waals surface area contributed by atoms with Gasteiger partial charge in [-0.05, 0) is 48.4 Å². The van der Waals surface area contributed by atoms with Crippen molar-refractivity contribution in [2.24, 2.45) is 11.3 Å². The van der Waals surface area contributed by atoms with Crippen molar-refractivity contribution in [3.8, 4) is 0 Å². The first-order chi connectivity index (χ1) is 13.9. The molecular weight excluding hydrogens is 384 g/mol. The maximum Gasteiger partial charge on any atom is 0.263 e. The summed E-state index contributed by atoms with van der Waals surface area (Å²) in [5.41, 5.74) is 3.31. The van der Waals surface area contributed by atoms with Crippen molar-refractivity contribution in [1.29, 1.82) is 0 Å². The van der Waals surface area contributed by atoms with Crippen LogP contribution in [-0.4, -0.2) is 41.6 Å². The van der Waals surface area contributed by atoms with Crippen molar-refractivity contribution in [3.05, 3.63) is 34.8 Å². The van der Waals surface area contributed by atoms with Crippen LogP contribution in [0.1, 0.15) is 48.8 Å². The second-order valence-electron chi connectivity index (χ2n) is 9.11. The van der Waals surface area contributed by atoms with E-state index in [1.54, 1.807) is 0 Å². The summed E-state index contributed by atoms with van der Waals surface area (Å²) in [5, 5.41) is 6.60. The van der Waals surface area contributed by atoms with E-state index in [9.17, 15) is 4.79 Å². The molecule has 6 nitrogen and oxygen atoms in total. The lowest BCUT2D eigenvalue weighted by molar-refractivity contribution is 0.0662. The molecule has 4 rings (SSSR count). The highest BCUT2D eigenvalue weighted by molar-refractivity contribution is 7.18. The maximum atomic E-state index is 12.5. The largest absolute Gasteiger partial charge is 0.381 e. The third kappa shape index (κ3) is 4.97. The number of hydrogen-bond donors (Lipinski definition) is 2. The quantitative estimate of drug-likeness (QED) is 0.643. The monoisotopic (exact) mass is 414 g/mol. The van der Waals surface area contributed by atoms with E-state index in [1.807, 2.05) is 10.6 Å². The van der Waals surface area contributed by atoms with Gasteiger partial charge in [-0.3, -0.25) is 9.20 Å². The molecule has 0 bridgehead atoms. The number of thiazole rings is 1. The van der Waals surface area contributed by atoms with Gasteiger partial charge in [0.1, 0.15) is 4.88 Å². The van der Waals surface area contributed by atoms with Crippen molar-refractivity contribution < 1.29 is 9.53 Å². The van der Waals surface area contributed by atoms with Gasteiger partial charge >= 0.3 is 0 Å². The molecule has 1 fully saturated rings. The number of fused-ring (bicyclic) bond motifs is 3. The fourth-order valence-electron chi connectivity index (χ4n) is 3.57. The smallest absolute Gasteiger partial charge is 0.263 e. The van der Waals surface area contributed by atoms with Crippen molar-refractivity contribution in [3.63, 3.8) is 0 Å². The lowest BCUT2D eigenvalue weighted by atomic mass is 9.97. The number of imidazole rings is 1. The molecule has 1 amide bonds. The first kappa shape index (κ1) is 20.3. The molecule has 2 aromatic heterocycles. The zero-order valence-electron chi connectivity index (χ0n) is 17.5. The predicted octanol–water partition coefficient (Wildman–Crippen LogP) is 3.84. The van der Waals surface area contributed by atoms with E-state index in [2.05, 4.69) is 54.6 Å². The second kappa shape index (κ2) is 8.42. The van der Waals surface area contributed by atoms with E-state index < -0.39 is 0 Å². The Bertz CT molecular complexity index is 995. The number of hydrogen-bond acceptors (Lipinski definition) is 5. The number of nitrogens with one attached hydrogen (secondary N) is 2. The Labute approximate surface area is 175 Å². The zero-order valence-corrected chi connectivity index (χ0v) is 18.3. The highest BCUT2D eigenvalue weighted by atomic mass is 32.1. The molecule has 3 aromatic rings. The molecule has 156 valence electrons. The first-order valence-electron chi connectivity index (χ1n) is 10.4. The van der Waals surface area contributed by atoms with Crippen molar-refractivity contribution in [2.75, 3.05) is 26.3 Å². The van der Waals surface area contributed by atoms with Crippen molar-refractivity contribution in [1.82, 2.24) is 20.0 Å². The Morgan fingerprint density at radius 2 is 2.10 bits per heavy atom. The van der Waals surface area contributed by atoms with E-state index in [0.717, 1.165) is 55.1 Å². The Morgan fingerprint density at radius 3 is 2.86 bits per heavy atom. The third-order valence-electron chi connectivity index (χ3n) is 5.28. The van der Waals surface area contributed by atoms with Crippen LogP contribution in [0.5, 0.6) is 0 Å². The predicted molar refractivity (Wildman–Crippen MR) is 118 cm³/mol. The number of nitrogens with zero attached hydrogens (tertiary/aromatic N) is 2. The molecule has 1 aliphatic rings. The molecule has 0 unspecified atom stereocenters. The van der Waals surface area contributed by atoms with E-state index in [0.29, 0.717) is 17.3 Å². The third-order valence-corrected chi connectivity index (χ3v) is 6.26. The van der Waals surface area contributed by atoms with Crippen LogP contribution < -0.4 is 10.6 Å². The molecular formula is C22H30N4O2S. The Morgan fingerprint density at radius 1 is 1.31 bits per heavy atom. The first-order valence-corrected chi connectivity index (χ1v) is 11.2. The second-order valence-corrected chi connectivity index (χ2v) is 10.1. The fraction of sp³-hybridized carbons (Fsp3) is 0.545. The van der Waals surface area contributed by atoms with Crippen LogP contribution in [-0.2, 0) is 11.3 Å². The van der Waals surface area contributed by atoms with E-state index in [1.165, 1.54) is 16.9 Å². The van der Waals surface area contributed by atoms with Gasteiger partial charge < -0.3 is 15.4 Å². The summed E-state index contributed by atoms with van der Waals surface area (Å²) in [6, 6.07) is 6.38. The van der Waals surface area contributed by atoms with Crippen LogP contribution in [0.4, 0.5) is 0 Å². The van der Waals surface area contributed by atoms with Gasteiger partial charge in [-0.15, -0.1) is 0 Å². The molecule has 0 atom stereocenters. The van der Waals surface area contributed by atoms with E-state index in [4.69, 9.17) is 4.74 Å². The molecule has 7 heteroatoms. The minimum absolute atomic E-state index is 0.0298. The lowest BCUT2D eigenvalue weighted by Crippen LogP contribution is -2.31. The molecule has 1 aromatic carbocycles. The summed E-state index contributed by atoms with van der Waals surface area (Å²) < 4.78 is 7.47. The van der Waals surface area contributed by atoms with E-state index >= 15 is 0 Å². The number of carbonyl (C=O) groups excluding carboxylic acids is 1. The van der Waals surface area contributed by atoms with Crippen LogP contribution in [0.15, 0.2) is 24.4 Å². The molecule has 0 saturated carbocycles. The van der Waals surface area contributed by atoms with Gasteiger partial charge in [-0.1, -0.05) is 38.2 Å². The molecule has 29 heavy (non-hydrogen) atoms. The van der Waals surface area contributed by atoms with Gasteiger partial charge in [0, 0.05) is 32.5 Å². The van der Waals surface area contributed by atoms with Gasteiger partial charge in [-0.25, -0.2) is 4.98 Å². The van der Waals surface area contributed by atoms with Gasteiger partial charge in [-0.2, -0.15) is 0 Å². The number of rotatable bonds is 6. The molecule has 0 radical (unpaired) electrons. The van der Waals surface area contributed by atoms with Crippen molar-refractivity contribution >= 4 is 33.2 Å². The number of ether oxygens (including phenoxy) is 1. The molecule has 2 N–H and O–H groups in total. The van der Waals surface area contributed by atoms with Gasteiger partial charge in [0.2, 0.25) is 0 Å². The normalized spacial score (nSPS) is 16.0. The minimum Gasteiger partial charge on any atom is -0.381 e. The lowest BCUT2D eigenvalue weighted by Gasteiger charge is -2.22. The summed E-state index contributed by atoms with van der Waals surface area (Å²) in [7, 11) is 0. The molecule has 0 spiro atoms. The fourth-order valence-corrected chi connectivity index (χ4v) is 4.49. The Kier molecular flexibility index (Phi) is 5.90. The number of carbonyl (C=O) groups is 1. The number of amides is 1. The van der Waals surface area contributed by atoms with Crippen LogP contribution in [0, 0.1) is 11.3 Å². The standard InChI is InChI=1S/C22H30N4O2S/c1-22(2,3)14-24-20(27)19-13-26-18-10-16(4-5-17(18)25-21(26)29-19)12-23-11-15-6-8-28-9-7-15/h4-5,10,13,15,23H,6-9,11-12,14H2,1-3H3,(H,24,27). The van der Waals surface area contributed by atoms with Crippen LogP contribution in [0.3, 0.4) is 0 Å². The average molecular weight is 415 g/mol. The topological polar surface area (TPSA) is 67.7 Å². The molecule has 1 aliphatic heterocycles. The van der Waals surface area contributed by atoms with Gasteiger partial charge in [0.25, 0.3) is 5.91 Å². The summed E-state index contributed by atoms with van der Waals surface area (Å²) in [5.74, 6) is 0.679. The number of benzene rings is 1. The van der Waals surface area contributed by atoms with E-state index in [-0.39, 0.29) is 11.3 Å². The van der Waals surface area contributed by atoms with Crippen LogP contribution in [0.2, 0.25) is 0 Å². The average Bonchev–Trinajstić information content (AvgIpc) is 3.24. The Balaban J connectivity index is 1.45. The summed E-state index contributed by atoms with van der Waals surface area (Å²) in [4.78, 5) is 18.7. The van der Waals surface area contributed by atoms with Gasteiger partial charge in [0.15, 0.2) is 4.96 Å². The summed E-state index contributed by atoms with van der Waals surface area (Å²) in [6.07, 6.45) is 4.20. The van der Waals surface area contributed by atoms with Gasteiger partial charge in [0.05, 0.1) is 11.0 Å². The Hall–Kier alpha value is -1.96. The van der Waals surface area contributed by atoms with Crippen molar-refractivity contribution in [2.45, 2.75) is 40.2 Å². The summed E-state index contributed by atoms with van der Waals surface area (Å²) >= 11 is 1.44. The minimum atomic E-state index is -0.0298.